The lowest BCUT2D eigenvalue weighted by Crippen LogP contribution is -2.61. The van der Waals surface area contributed by atoms with Crippen molar-refractivity contribution in [2.45, 2.75) is 104 Å². The van der Waals surface area contributed by atoms with Crippen LogP contribution in [0.2, 0.25) is 0 Å². The molecule has 0 radical (unpaired) electrons. The van der Waals surface area contributed by atoms with Gasteiger partial charge in [-0.15, -0.1) is 0 Å². The largest absolute Gasteiger partial charge is 0.465 e. The van der Waals surface area contributed by atoms with Crippen molar-refractivity contribution < 1.29 is 42.8 Å². The minimum Gasteiger partial charge on any atom is -0.465 e. The Morgan fingerprint density at radius 1 is 1.14 bits per heavy atom. The van der Waals surface area contributed by atoms with Crippen LogP contribution in [0, 0.1) is 29.6 Å². The lowest BCUT2D eigenvalue weighted by molar-refractivity contribution is -0.322. The molecule has 3 rings (SSSR count). The number of carbonyl (C=O) groups excluding carboxylic acids is 3. The van der Waals surface area contributed by atoms with Crippen LogP contribution in [0.15, 0.2) is 0 Å². The molecule has 200 valence electrons. The SMILES string of the molecule is CC[C@@H](C)[C@@H](OC(C)=O)C1O[C@@](OCC2O[C@@H](C)C(C)[C@@H](C)[C@H]2C)(C(=O)OC)C[C@H]2OC(=O)C[C@@H]12. The third kappa shape index (κ3) is 5.67. The standard InChI is InChI=1S/C26H42O9/c1-9-13(2)23(33-18(7)27)24-19-10-22(28)34-20(19)11-26(35-24,25(29)30-8)31-12-21-16(5)14(3)15(4)17(6)32-21/h13-17,19-21,23-24H,9-12H2,1-8H3/t13-,14-,15?,16-,17+,19-,20-,21?,23-,24?,26-/m1/s1. The summed E-state index contributed by atoms with van der Waals surface area (Å²) in [5.41, 5.74) is 0. The monoisotopic (exact) mass is 498 g/mol. The minimum absolute atomic E-state index is 0.00247. The van der Waals surface area contributed by atoms with Crippen LogP contribution in [0.3, 0.4) is 0 Å². The van der Waals surface area contributed by atoms with Gasteiger partial charge >= 0.3 is 17.9 Å². The topological polar surface area (TPSA) is 107 Å². The van der Waals surface area contributed by atoms with E-state index in [0.717, 1.165) is 0 Å². The molecule has 3 heterocycles. The van der Waals surface area contributed by atoms with E-state index in [1.54, 1.807) is 0 Å². The number of hydrogen-bond acceptors (Lipinski definition) is 9. The summed E-state index contributed by atoms with van der Waals surface area (Å²) in [6, 6.07) is 0. The van der Waals surface area contributed by atoms with Gasteiger partial charge in [0.2, 0.25) is 0 Å². The first-order chi connectivity index (χ1) is 16.4. The second-order valence-electron chi connectivity index (χ2n) is 10.7. The maximum Gasteiger partial charge on any atom is 0.366 e. The van der Waals surface area contributed by atoms with E-state index in [4.69, 9.17) is 28.4 Å². The summed E-state index contributed by atoms with van der Waals surface area (Å²) < 4.78 is 35.3. The molecular weight excluding hydrogens is 456 g/mol. The molecule has 0 spiro atoms. The Bertz CT molecular complexity index is 785. The van der Waals surface area contributed by atoms with Crippen molar-refractivity contribution in [2.24, 2.45) is 29.6 Å². The predicted octanol–water partition coefficient (Wildman–Crippen LogP) is 3.27. The van der Waals surface area contributed by atoms with E-state index in [1.807, 2.05) is 20.8 Å². The zero-order valence-electron chi connectivity index (χ0n) is 22.3. The van der Waals surface area contributed by atoms with Crippen LogP contribution in [-0.2, 0) is 42.8 Å². The quantitative estimate of drug-likeness (QED) is 0.368. The Kier molecular flexibility index (Phi) is 8.86. The van der Waals surface area contributed by atoms with Crippen LogP contribution in [0.4, 0.5) is 0 Å². The van der Waals surface area contributed by atoms with Crippen LogP contribution in [0.25, 0.3) is 0 Å². The summed E-state index contributed by atoms with van der Waals surface area (Å²) in [6.07, 6.45) is -1.45. The molecule has 0 amide bonds. The van der Waals surface area contributed by atoms with E-state index in [-0.39, 0.29) is 55.4 Å². The third-order valence-electron chi connectivity index (χ3n) is 8.56. The molecule has 9 nitrogen and oxygen atoms in total. The van der Waals surface area contributed by atoms with Crippen LogP contribution in [-0.4, -0.2) is 67.9 Å². The summed E-state index contributed by atoms with van der Waals surface area (Å²) in [7, 11) is 1.27. The molecule has 0 saturated carbocycles. The van der Waals surface area contributed by atoms with Crippen LogP contribution >= 0.6 is 0 Å². The fourth-order valence-corrected chi connectivity index (χ4v) is 5.63. The van der Waals surface area contributed by atoms with Crippen LogP contribution in [0.5, 0.6) is 0 Å². The number of carbonyl (C=O) groups is 3. The molecule has 3 fully saturated rings. The number of fused-ring (bicyclic) bond motifs is 1. The number of methoxy groups -OCH3 is 1. The molecular formula is C26H42O9. The van der Waals surface area contributed by atoms with E-state index >= 15 is 0 Å². The van der Waals surface area contributed by atoms with E-state index in [2.05, 4.69) is 20.8 Å². The molecule has 0 N–H and O–H groups in total. The second-order valence-corrected chi connectivity index (χ2v) is 10.7. The Balaban J connectivity index is 1.91. The minimum atomic E-state index is -1.81. The highest BCUT2D eigenvalue weighted by atomic mass is 16.7. The van der Waals surface area contributed by atoms with Gasteiger partial charge in [0, 0.05) is 12.8 Å². The van der Waals surface area contributed by atoms with Gasteiger partial charge in [-0.1, -0.05) is 34.6 Å². The smallest absolute Gasteiger partial charge is 0.366 e. The fraction of sp³-hybridized carbons (Fsp3) is 0.885. The average molecular weight is 499 g/mol. The summed E-state index contributed by atoms with van der Waals surface area (Å²) in [6.45, 7) is 13.9. The Morgan fingerprint density at radius 3 is 2.43 bits per heavy atom. The highest BCUT2D eigenvalue weighted by molar-refractivity contribution is 5.79. The first-order valence-electron chi connectivity index (χ1n) is 12.9. The summed E-state index contributed by atoms with van der Waals surface area (Å²) in [5, 5.41) is 0. The Labute approximate surface area is 208 Å². The second kappa shape index (κ2) is 11.1. The van der Waals surface area contributed by atoms with E-state index in [1.165, 1.54) is 14.0 Å². The third-order valence-corrected chi connectivity index (χ3v) is 8.56. The van der Waals surface area contributed by atoms with Gasteiger partial charge in [0.15, 0.2) is 0 Å². The molecule has 0 aliphatic carbocycles. The summed E-state index contributed by atoms with van der Waals surface area (Å²) in [4.78, 5) is 37.4. The molecule has 3 aliphatic rings. The van der Waals surface area contributed by atoms with E-state index in [9.17, 15) is 14.4 Å². The first kappa shape index (κ1) is 27.9. The zero-order chi connectivity index (χ0) is 26.1. The van der Waals surface area contributed by atoms with Gasteiger partial charge in [-0.05, 0) is 37.0 Å². The maximum atomic E-state index is 13.2. The average Bonchev–Trinajstić information content (AvgIpc) is 3.20. The fourth-order valence-electron chi connectivity index (χ4n) is 5.63. The van der Waals surface area contributed by atoms with Crippen LogP contribution < -0.4 is 0 Å². The lowest BCUT2D eigenvalue weighted by atomic mass is 9.77. The van der Waals surface area contributed by atoms with Crippen molar-refractivity contribution in [3.63, 3.8) is 0 Å². The van der Waals surface area contributed by atoms with Gasteiger partial charge in [0.25, 0.3) is 5.79 Å². The number of ether oxygens (including phenoxy) is 6. The molecule has 0 bridgehead atoms. The zero-order valence-corrected chi connectivity index (χ0v) is 22.3. The Hall–Kier alpha value is -1.71. The van der Waals surface area contributed by atoms with Gasteiger partial charge in [0.1, 0.15) is 18.3 Å². The van der Waals surface area contributed by atoms with Gasteiger partial charge in [0.05, 0.1) is 38.8 Å². The summed E-state index contributed by atoms with van der Waals surface area (Å²) >= 11 is 0. The molecule has 3 unspecified atom stereocenters. The Morgan fingerprint density at radius 2 is 1.83 bits per heavy atom. The molecule has 0 aromatic rings. The van der Waals surface area contributed by atoms with Gasteiger partial charge in [-0.3, -0.25) is 9.59 Å². The van der Waals surface area contributed by atoms with Crippen molar-refractivity contribution in [2.75, 3.05) is 13.7 Å². The van der Waals surface area contributed by atoms with Crippen molar-refractivity contribution in [3.8, 4) is 0 Å². The van der Waals surface area contributed by atoms with Crippen LogP contribution in [0.1, 0.15) is 67.7 Å². The molecule has 3 saturated heterocycles. The summed E-state index contributed by atoms with van der Waals surface area (Å²) in [5.74, 6) is -2.82. The number of rotatable bonds is 8. The van der Waals surface area contributed by atoms with Crippen molar-refractivity contribution in [3.05, 3.63) is 0 Å². The van der Waals surface area contributed by atoms with Crippen molar-refractivity contribution >= 4 is 17.9 Å². The maximum absolute atomic E-state index is 13.2. The highest BCUT2D eigenvalue weighted by Crippen LogP contribution is 2.45. The predicted molar refractivity (Wildman–Crippen MR) is 125 cm³/mol. The molecule has 9 heteroatoms. The first-order valence-corrected chi connectivity index (χ1v) is 12.9. The molecule has 35 heavy (non-hydrogen) atoms. The molecule has 0 aromatic carbocycles. The van der Waals surface area contributed by atoms with Crippen molar-refractivity contribution in [1.82, 2.24) is 0 Å². The van der Waals surface area contributed by atoms with Gasteiger partial charge < -0.3 is 28.4 Å². The molecule has 0 aromatic heterocycles. The van der Waals surface area contributed by atoms with E-state index in [0.29, 0.717) is 18.3 Å². The van der Waals surface area contributed by atoms with Crippen molar-refractivity contribution in [1.29, 1.82) is 0 Å². The molecule has 11 atom stereocenters. The number of hydrogen-bond donors (Lipinski definition) is 0. The normalized spacial score (nSPS) is 40.9. The lowest BCUT2D eigenvalue weighted by Gasteiger charge is -2.47. The van der Waals surface area contributed by atoms with Gasteiger partial charge in [-0.25, -0.2) is 4.79 Å². The highest BCUT2D eigenvalue weighted by Gasteiger charge is 2.60. The molecule has 3 aliphatic heterocycles. The van der Waals surface area contributed by atoms with E-state index < -0.39 is 36.0 Å². The van der Waals surface area contributed by atoms with Gasteiger partial charge in [-0.2, -0.15) is 0 Å². The number of esters is 3.